The average molecular weight is 244 g/mol. The fourth-order valence-corrected chi connectivity index (χ4v) is 3.58. The molecule has 2 fully saturated rings. The van der Waals surface area contributed by atoms with Crippen LogP contribution in [0.5, 0.6) is 0 Å². The van der Waals surface area contributed by atoms with E-state index in [1.807, 2.05) is 0 Å². The molecular weight excluding hydrogens is 232 g/mol. The molecule has 6 heteroatoms. The largest absolute Gasteiger partial charge is 0.272 e. The quantitative estimate of drug-likeness (QED) is 0.519. The number of carbonyl (C=O) groups excluding carboxylic acids is 2. The summed E-state index contributed by atoms with van der Waals surface area (Å²) in [6.45, 7) is 0. The van der Waals surface area contributed by atoms with Crippen molar-refractivity contribution in [3.8, 4) is 0 Å². The molecule has 2 heterocycles. The van der Waals surface area contributed by atoms with Gasteiger partial charge in [-0.05, 0) is 24.7 Å². The third kappa shape index (κ3) is 1.07. The van der Waals surface area contributed by atoms with Crippen molar-refractivity contribution in [3.63, 3.8) is 0 Å². The van der Waals surface area contributed by atoms with Crippen LogP contribution in [0.4, 0.5) is 0 Å². The Hall–Kier alpha value is -1.98. The van der Waals surface area contributed by atoms with Gasteiger partial charge in [0.1, 0.15) is 12.7 Å². The van der Waals surface area contributed by atoms with Gasteiger partial charge in [-0.2, -0.15) is 5.01 Å². The maximum absolute atomic E-state index is 12.4. The topological polar surface area (TPSA) is 68.1 Å². The van der Waals surface area contributed by atoms with E-state index < -0.39 is 0 Å². The molecule has 4 atom stereocenters. The first kappa shape index (κ1) is 9.99. The number of amides is 2. The van der Waals surface area contributed by atoms with Crippen molar-refractivity contribution < 1.29 is 9.59 Å². The van der Waals surface area contributed by atoms with Crippen molar-refractivity contribution in [1.29, 1.82) is 0 Å². The van der Waals surface area contributed by atoms with Crippen molar-refractivity contribution in [2.75, 3.05) is 5.01 Å². The number of hydrogen-bond donors (Lipinski definition) is 0. The summed E-state index contributed by atoms with van der Waals surface area (Å²) in [5.41, 5.74) is 0. The monoisotopic (exact) mass is 244 g/mol. The van der Waals surface area contributed by atoms with Gasteiger partial charge in [0.25, 0.3) is 11.8 Å². The molecule has 2 amide bonds. The zero-order valence-electron chi connectivity index (χ0n) is 9.64. The van der Waals surface area contributed by atoms with Crippen molar-refractivity contribution in [3.05, 3.63) is 24.8 Å². The molecule has 1 saturated carbocycles. The molecule has 92 valence electrons. The Kier molecular flexibility index (Phi) is 1.82. The summed E-state index contributed by atoms with van der Waals surface area (Å²) < 4.78 is 1.39. The molecule has 1 aliphatic heterocycles. The molecule has 0 radical (unpaired) electrons. The van der Waals surface area contributed by atoms with Crippen LogP contribution in [-0.4, -0.2) is 26.7 Å². The number of carbonyl (C=O) groups is 2. The van der Waals surface area contributed by atoms with E-state index in [1.54, 1.807) is 0 Å². The van der Waals surface area contributed by atoms with Gasteiger partial charge in [0.2, 0.25) is 0 Å². The first-order chi connectivity index (χ1) is 8.77. The second-order valence-corrected chi connectivity index (χ2v) is 5.17. The summed E-state index contributed by atoms with van der Waals surface area (Å²) in [4.78, 5) is 24.9. The Bertz CT molecular complexity index is 518. The van der Waals surface area contributed by atoms with Crippen LogP contribution in [0.25, 0.3) is 0 Å². The number of imide groups is 1. The SMILES string of the molecule is O=C1[C@@H]2[C@H](C(=O)N1n1cnnc1)[C@@H]1C=C[C@H]2CC1. The first-order valence-electron chi connectivity index (χ1n) is 6.18. The third-order valence-corrected chi connectivity index (χ3v) is 4.37. The minimum atomic E-state index is -0.177. The van der Waals surface area contributed by atoms with Crippen LogP contribution >= 0.6 is 0 Å². The van der Waals surface area contributed by atoms with E-state index in [2.05, 4.69) is 22.3 Å². The van der Waals surface area contributed by atoms with E-state index in [9.17, 15) is 9.59 Å². The van der Waals surface area contributed by atoms with Crippen LogP contribution in [-0.2, 0) is 9.59 Å². The van der Waals surface area contributed by atoms with Crippen LogP contribution in [0.1, 0.15) is 12.8 Å². The highest BCUT2D eigenvalue weighted by molar-refractivity contribution is 6.17. The number of hydrogen-bond acceptors (Lipinski definition) is 4. The fraction of sp³-hybridized carbons (Fsp3) is 0.500. The normalized spacial score (nSPS) is 37.4. The molecular formula is C12H12N4O2. The van der Waals surface area contributed by atoms with Crippen molar-refractivity contribution in [2.45, 2.75) is 12.8 Å². The maximum Gasteiger partial charge on any atom is 0.253 e. The predicted molar refractivity (Wildman–Crippen MR) is 60.6 cm³/mol. The minimum Gasteiger partial charge on any atom is -0.272 e. The smallest absolute Gasteiger partial charge is 0.253 e. The lowest BCUT2D eigenvalue weighted by Crippen LogP contribution is -2.40. The fourth-order valence-electron chi connectivity index (χ4n) is 3.58. The number of rotatable bonds is 1. The second-order valence-electron chi connectivity index (χ2n) is 5.17. The lowest BCUT2D eigenvalue weighted by Gasteiger charge is -2.37. The van der Waals surface area contributed by atoms with Crippen LogP contribution < -0.4 is 5.01 Å². The van der Waals surface area contributed by atoms with Gasteiger partial charge in [0, 0.05) is 0 Å². The number of fused-ring (bicyclic) bond motifs is 1. The second kappa shape index (κ2) is 3.28. The summed E-state index contributed by atoms with van der Waals surface area (Å²) in [5, 5.41) is 8.52. The summed E-state index contributed by atoms with van der Waals surface area (Å²) in [5.74, 6) is -0.129. The molecule has 0 N–H and O–H groups in total. The third-order valence-electron chi connectivity index (χ3n) is 4.37. The van der Waals surface area contributed by atoms with Gasteiger partial charge in [0.05, 0.1) is 11.8 Å². The Morgan fingerprint density at radius 2 is 1.44 bits per heavy atom. The van der Waals surface area contributed by atoms with Crippen LogP contribution in [0, 0.1) is 23.7 Å². The standard InChI is InChI=1S/C12H12N4O2/c17-11-9-7-1-2-8(4-3-7)10(9)12(18)16(11)15-5-13-14-6-15/h1-2,5-10H,3-4H2/t7-,8+,9-,10+. The summed E-state index contributed by atoms with van der Waals surface area (Å²) >= 11 is 0. The van der Waals surface area contributed by atoms with Crippen molar-refractivity contribution >= 4 is 11.8 Å². The maximum atomic E-state index is 12.4. The molecule has 6 nitrogen and oxygen atoms in total. The van der Waals surface area contributed by atoms with Gasteiger partial charge in [-0.3, -0.25) is 9.59 Å². The zero-order valence-corrected chi connectivity index (χ0v) is 9.64. The van der Waals surface area contributed by atoms with Gasteiger partial charge in [-0.25, -0.2) is 4.68 Å². The molecule has 3 aliphatic carbocycles. The van der Waals surface area contributed by atoms with E-state index in [0.29, 0.717) is 0 Å². The summed E-state index contributed by atoms with van der Waals surface area (Å²) in [7, 11) is 0. The van der Waals surface area contributed by atoms with E-state index >= 15 is 0 Å². The van der Waals surface area contributed by atoms with Crippen LogP contribution in [0.3, 0.4) is 0 Å². The van der Waals surface area contributed by atoms with Gasteiger partial charge >= 0.3 is 0 Å². The number of aromatic nitrogens is 3. The highest BCUT2D eigenvalue weighted by Crippen LogP contribution is 2.48. The minimum absolute atomic E-state index is 0.108. The molecule has 0 aromatic carbocycles. The lowest BCUT2D eigenvalue weighted by atomic mass is 9.63. The first-order valence-corrected chi connectivity index (χ1v) is 6.18. The van der Waals surface area contributed by atoms with E-state index in [0.717, 1.165) is 12.8 Å². The molecule has 0 unspecified atom stereocenters. The van der Waals surface area contributed by atoms with Gasteiger partial charge in [-0.1, -0.05) is 12.2 Å². The highest BCUT2D eigenvalue weighted by atomic mass is 16.2. The van der Waals surface area contributed by atoms with E-state index in [-0.39, 0.29) is 35.5 Å². The van der Waals surface area contributed by atoms with Gasteiger partial charge < -0.3 is 0 Å². The van der Waals surface area contributed by atoms with Crippen LogP contribution in [0.15, 0.2) is 24.8 Å². The molecule has 0 spiro atoms. The van der Waals surface area contributed by atoms with Crippen LogP contribution in [0.2, 0.25) is 0 Å². The van der Waals surface area contributed by atoms with Crippen molar-refractivity contribution in [2.24, 2.45) is 23.7 Å². The molecule has 2 bridgehead atoms. The Morgan fingerprint density at radius 3 is 1.89 bits per heavy atom. The number of allylic oxidation sites excluding steroid dienone is 2. The molecule has 4 aliphatic rings. The van der Waals surface area contributed by atoms with Gasteiger partial charge in [0.15, 0.2) is 0 Å². The lowest BCUT2D eigenvalue weighted by molar-refractivity contribution is -0.125. The van der Waals surface area contributed by atoms with Crippen molar-refractivity contribution in [1.82, 2.24) is 14.9 Å². The molecule has 1 aromatic heterocycles. The van der Waals surface area contributed by atoms with E-state index in [4.69, 9.17) is 0 Å². The predicted octanol–water partition coefficient (Wildman–Crippen LogP) is 0.111. The molecule has 1 saturated heterocycles. The Labute approximate surface area is 103 Å². The number of nitrogens with zero attached hydrogens (tertiary/aromatic N) is 4. The molecule has 1 aromatic rings. The van der Waals surface area contributed by atoms with E-state index in [1.165, 1.54) is 22.3 Å². The Balaban J connectivity index is 1.79. The highest BCUT2D eigenvalue weighted by Gasteiger charge is 2.57. The average Bonchev–Trinajstić information content (AvgIpc) is 3.00. The molecule has 18 heavy (non-hydrogen) atoms. The zero-order chi connectivity index (χ0) is 12.3. The summed E-state index contributed by atoms with van der Waals surface area (Å²) in [6.07, 6.45) is 9.02. The molecule has 5 rings (SSSR count). The van der Waals surface area contributed by atoms with Gasteiger partial charge in [-0.15, -0.1) is 10.2 Å². The Morgan fingerprint density at radius 1 is 0.944 bits per heavy atom. The summed E-state index contributed by atoms with van der Waals surface area (Å²) in [6, 6.07) is 0.